The molecular formula is C16H32O3. The Morgan fingerprint density at radius 3 is 1.84 bits per heavy atom. The first-order valence-corrected chi connectivity index (χ1v) is 7.28. The van der Waals surface area contributed by atoms with E-state index in [9.17, 15) is 4.79 Å². The zero-order valence-electron chi connectivity index (χ0n) is 14.1. The Hall–Kier alpha value is -0.410. The maximum Gasteiger partial charge on any atom is 0.169 e. The van der Waals surface area contributed by atoms with Gasteiger partial charge in [-0.3, -0.25) is 4.79 Å². The summed E-state index contributed by atoms with van der Waals surface area (Å²) in [6.07, 6.45) is 2.46. The molecule has 0 aliphatic heterocycles. The minimum absolute atomic E-state index is 0.195. The Morgan fingerprint density at radius 1 is 1.00 bits per heavy atom. The van der Waals surface area contributed by atoms with Crippen LogP contribution in [-0.4, -0.2) is 30.7 Å². The van der Waals surface area contributed by atoms with E-state index < -0.39 is 5.60 Å². The monoisotopic (exact) mass is 272 g/mol. The molecule has 0 rings (SSSR count). The molecule has 0 aliphatic carbocycles. The molecule has 0 radical (unpaired) electrons. The fourth-order valence-corrected chi connectivity index (χ4v) is 2.02. The first-order valence-electron chi connectivity index (χ1n) is 7.28. The first-order chi connectivity index (χ1) is 8.54. The van der Waals surface area contributed by atoms with Crippen molar-refractivity contribution in [2.45, 2.75) is 78.9 Å². The van der Waals surface area contributed by atoms with Gasteiger partial charge in [-0.1, -0.05) is 20.8 Å². The summed E-state index contributed by atoms with van der Waals surface area (Å²) in [5.41, 5.74) is -1.23. The molecular weight excluding hydrogens is 240 g/mol. The van der Waals surface area contributed by atoms with E-state index >= 15 is 0 Å². The smallest absolute Gasteiger partial charge is 0.169 e. The Labute approximate surface area is 119 Å². The molecule has 0 fully saturated rings. The summed E-state index contributed by atoms with van der Waals surface area (Å²) in [6, 6.07) is 0. The minimum Gasteiger partial charge on any atom is -0.379 e. The van der Waals surface area contributed by atoms with Crippen LogP contribution in [0.5, 0.6) is 0 Å². The van der Waals surface area contributed by atoms with Crippen molar-refractivity contribution in [3.8, 4) is 0 Å². The molecule has 0 N–H and O–H groups in total. The lowest BCUT2D eigenvalue weighted by molar-refractivity contribution is -0.152. The normalized spacial score (nSPS) is 13.7. The average Bonchev–Trinajstić information content (AvgIpc) is 2.36. The molecule has 0 atom stereocenters. The highest BCUT2D eigenvalue weighted by Gasteiger charge is 2.40. The Morgan fingerprint density at radius 2 is 1.47 bits per heavy atom. The van der Waals surface area contributed by atoms with E-state index in [-0.39, 0.29) is 16.8 Å². The molecule has 0 aromatic carbocycles. The van der Waals surface area contributed by atoms with Crippen LogP contribution in [0, 0.1) is 5.41 Å². The standard InChI is InChI=1S/C16H32O3/c1-9-16(7,10-2)13(17)15(5,6)19-12-11-14(3,4)18-8/h9-12H2,1-8H3. The van der Waals surface area contributed by atoms with Crippen LogP contribution in [0.15, 0.2) is 0 Å². The van der Waals surface area contributed by atoms with Crippen molar-refractivity contribution in [3.05, 3.63) is 0 Å². The topological polar surface area (TPSA) is 35.5 Å². The van der Waals surface area contributed by atoms with Crippen LogP contribution in [0.2, 0.25) is 0 Å². The van der Waals surface area contributed by atoms with Crippen LogP contribution in [0.1, 0.15) is 67.7 Å². The van der Waals surface area contributed by atoms with Gasteiger partial charge < -0.3 is 9.47 Å². The molecule has 0 heterocycles. The van der Waals surface area contributed by atoms with Crippen molar-refractivity contribution < 1.29 is 14.3 Å². The number of carbonyl (C=O) groups is 1. The lowest BCUT2D eigenvalue weighted by atomic mass is 9.74. The van der Waals surface area contributed by atoms with E-state index in [1.54, 1.807) is 7.11 Å². The second kappa shape index (κ2) is 6.85. The molecule has 0 spiro atoms. The van der Waals surface area contributed by atoms with Crippen molar-refractivity contribution in [1.29, 1.82) is 0 Å². The van der Waals surface area contributed by atoms with Gasteiger partial charge in [0, 0.05) is 12.5 Å². The summed E-state index contributed by atoms with van der Waals surface area (Å²) in [6.45, 7) is 14.5. The molecule has 3 nitrogen and oxygen atoms in total. The van der Waals surface area contributed by atoms with E-state index in [1.807, 2.05) is 34.6 Å². The fraction of sp³-hybridized carbons (Fsp3) is 0.938. The van der Waals surface area contributed by atoms with Gasteiger partial charge in [-0.25, -0.2) is 0 Å². The average molecular weight is 272 g/mol. The van der Waals surface area contributed by atoms with Gasteiger partial charge in [0.15, 0.2) is 5.78 Å². The highest BCUT2D eigenvalue weighted by molar-refractivity contribution is 5.91. The second-order valence-electron chi connectivity index (χ2n) is 6.67. The summed E-state index contributed by atoms with van der Waals surface area (Å²) < 4.78 is 11.2. The van der Waals surface area contributed by atoms with Gasteiger partial charge in [-0.05, 0) is 47.0 Å². The lowest BCUT2D eigenvalue weighted by Crippen LogP contribution is -2.45. The molecule has 0 bridgehead atoms. The first kappa shape index (κ1) is 18.6. The molecule has 0 unspecified atom stereocenters. The van der Waals surface area contributed by atoms with E-state index in [2.05, 4.69) is 13.8 Å². The van der Waals surface area contributed by atoms with Crippen molar-refractivity contribution in [2.24, 2.45) is 5.41 Å². The summed E-state index contributed by atoms with van der Waals surface area (Å²) in [5.74, 6) is 0.195. The van der Waals surface area contributed by atoms with Crippen LogP contribution in [0.25, 0.3) is 0 Å². The van der Waals surface area contributed by atoms with Crippen molar-refractivity contribution in [1.82, 2.24) is 0 Å². The number of carbonyl (C=O) groups excluding carboxylic acids is 1. The third kappa shape index (κ3) is 5.23. The quantitative estimate of drug-likeness (QED) is 0.636. The summed E-state index contributed by atoms with van der Waals surface area (Å²) in [5, 5.41) is 0. The Kier molecular flexibility index (Phi) is 6.70. The van der Waals surface area contributed by atoms with Crippen LogP contribution >= 0.6 is 0 Å². The fourth-order valence-electron chi connectivity index (χ4n) is 2.02. The van der Waals surface area contributed by atoms with Crippen LogP contribution in [0.3, 0.4) is 0 Å². The number of hydrogen-bond donors (Lipinski definition) is 0. The molecule has 0 aromatic rings. The van der Waals surface area contributed by atoms with Gasteiger partial charge in [0.1, 0.15) is 5.60 Å². The molecule has 0 saturated carbocycles. The number of rotatable bonds is 9. The predicted molar refractivity (Wildman–Crippen MR) is 79.4 cm³/mol. The van der Waals surface area contributed by atoms with E-state index in [0.717, 1.165) is 19.3 Å². The number of ether oxygens (including phenoxy) is 2. The Balaban J connectivity index is 4.59. The van der Waals surface area contributed by atoms with E-state index in [0.29, 0.717) is 6.61 Å². The predicted octanol–water partition coefficient (Wildman–Crippen LogP) is 3.99. The number of ketones is 1. The van der Waals surface area contributed by atoms with Gasteiger partial charge in [0.05, 0.1) is 12.2 Å². The lowest BCUT2D eigenvalue weighted by Gasteiger charge is -2.35. The van der Waals surface area contributed by atoms with Gasteiger partial charge in [0.2, 0.25) is 0 Å². The second-order valence-corrected chi connectivity index (χ2v) is 6.67. The van der Waals surface area contributed by atoms with Crippen LogP contribution in [-0.2, 0) is 14.3 Å². The third-order valence-electron chi connectivity index (χ3n) is 4.38. The summed E-state index contributed by atoms with van der Waals surface area (Å²) >= 11 is 0. The maximum absolute atomic E-state index is 12.6. The largest absolute Gasteiger partial charge is 0.379 e. The molecule has 19 heavy (non-hydrogen) atoms. The van der Waals surface area contributed by atoms with Crippen LogP contribution in [0.4, 0.5) is 0 Å². The van der Waals surface area contributed by atoms with Gasteiger partial charge in [0.25, 0.3) is 0 Å². The summed E-state index contributed by atoms with van der Waals surface area (Å²) in [7, 11) is 1.70. The van der Waals surface area contributed by atoms with E-state index in [4.69, 9.17) is 9.47 Å². The minimum atomic E-state index is -0.732. The van der Waals surface area contributed by atoms with Crippen LogP contribution < -0.4 is 0 Å². The molecule has 114 valence electrons. The van der Waals surface area contributed by atoms with Gasteiger partial charge >= 0.3 is 0 Å². The number of Topliss-reactive ketones (excluding diaryl/α,β-unsaturated/α-hetero) is 1. The zero-order valence-corrected chi connectivity index (χ0v) is 14.1. The molecule has 0 saturated heterocycles. The van der Waals surface area contributed by atoms with Crippen molar-refractivity contribution >= 4 is 5.78 Å². The highest BCUT2D eigenvalue weighted by atomic mass is 16.5. The zero-order chi connectivity index (χ0) is 15.3. The van der Waals surface area contributed by atoms with Crippen molar-refractivity contribution in [3.63, 3.8) is 0 Å². The maximum atomic E-state index is 12.6. The molecule has 0 amide bonds. The number of methoxy groups -OCH3 is 1. The van der Waals surface area contributed by atoms with Gasteiger partial charge in [-0.15, -0.1) is 0 Å². The van der Waals surface area contributed by atoms with E-state index in [1.165, 1.54) is 0 Å². The van der Waals surface area contributed by atoms with Gasteiger partial charge in [-0.2, -0.15) is 0 Å². The molecule has 3 heteroatoms. The number of hydrogen-bond acceptors (Lipinski definition) is 3. The SMILES string of the molecule is CCC(C)(CC)C(=O)C(C)(C)OCCC(C)(C)OC. The third-order valence-corrected chi connectivity index (χ3v) is 4.38. The van der Waals surface area contributed by atoms with Crippen molar-refractivity contribution in [2.75, 3.05) is 13.7 Å². The highest BCUT2D eigenvalue weighted by Crippen LogP contribution is 2.33. The molecule has 0 aliphatic rings. The Bertz CT molecular complexity index is 288. The molecule has 0 aromatic heterocycles. The summed E-state index contributed by atoms with van der Waals surface area (Å²) in [4.78, 5) is 12.6.